The normalized spacial score (nSPS) is 10.6. The molecular weight excluding hydrogens is 491 g/mol. The summed E-state index contributed by atoms with van der Waals surface area (Å²) < 4.78 is 5.09. The second-order valence-corrected chi connectivity index (χ2v) is 6.17. The van der Waals surface area contributed by atoms with E-state index in [2.05, 4.69) is 20.9 Å². The highest BCUT2D eigenvalue weighted by Gasteiger charge is 2.05. The smallest absolute Gasteiger partial charge is 0.251 e. The van der Waals surface area contributed by atoms with Crippen molar-refractivity contribution in [3.63, 3.8) is 0 Å². The van der Waals surface area contributed by atoms with Crippen LogP contribution in [0.3, 0.4) is 0 Å². The van der Waals surface area contributed by atoms with Gasteiger partial charge in [-0.05, 0) is 48.9 Å². The molecule has 0 aromatic heterocycles. The van der Waals surface area contributed by atoms with Gasteiger partial charge in [0.25, 0.3) is 5.91 Å². The predicted octanol–water partition coefficient (Wildman–Crippen LogP) is 3.45. The van der Waals surface area contributed by atoms with Crippen LogP contribution in [-0.2, 0) is 6.54 Å². The van der Waals surface area contributed by atoms with E-state index in [1.807, 2.05) is 31.2 Å². The SMILES string of the molecule is CCNC(=NCc1ccc(Cl)cc1)NCCNC(=O)c1ccc(OC)cc1.I. The third kappa shape index (κ3) is 8.35. The van der Waals surface area contributed by atoms with Crippen molar-refractivity contribution in [2.24, 2.45) is 4.99 Å². The first-order chi connectivity index (χ1) is 13.1. The molecule has 28 heavy (non-hydrogen) atoms. The first-order valence-corrected chi connectivity index (χ1v) is 9.19. The summed E-state index contributed by atoms with van der Waals surface area (Å²) in [6.45, 7) is 4.35. The predicted molar refractivity (Wildman–Crippen MR) is 125 cm³/mol. The quantitative estimate of drug-likeness (QED) is 0.217. The van der Waals surface area contributed by atoms with E-state index < -0.39 is 0 Å². The van der Waals surface area contributed by atoms with Crippen LogP contribution in [0.25, 0.3) is 0 Å². The van der Waals surface area contributed by atoms with E-state index in [1.165, 1.54) is 0 Å². The molecule has 0 saturated carbocycles. The number of carbonyl (C=O) groups excluding carboxylic acids is 1. The zero-order valence-corrected chi connectivity index (χ0v) is 19.1. The maximum atomic E-state index is 12.1. The van der Waals surface area contributed by atoms with Crippen LogP contribution in [0, 0.1) is 0 Å². The number of guanidine groups is 1. The lowest BCUT2D eigenvalue weighted by Crippen LogP contribution is -2.41. The van der Waals surface area contributed by atoms with Gasteiger partial charge in [0.2, 0.25) is 0 Å². The van der Waals surface area contributed by atoms with Crippen LogP contribution in [0.5, 0.6) is 5.75 Å². The van der Waals surface area contributed by atoms with Gasteiger partial charge in [0, 0.05) is 30.2 Å². The van der Waals surface area contributed by atoms with Crippen molar-refractivity contribution < 1.29 is 9.53 Å². The third-order valence-corrected chi connectivity index (χ3v) is 3.98. The topological polar surface area (TPSA) is 74.8 Å². The summed E-state index contributed by atoms with van der Waals surface area (Å²) in [4.78, 5) is 16.6. The number of benzene rings is 2. The molecule has 0 bridgehead atoms. The van der Waals surface area contributed by atoms with Crippen molar-refractivity contribution in [1.82, 2.24) is 16.0 Å². The highest BCUT2D eigenvalue weighted by Crippen LogP contribution is 2.11. The Kier molecular flexibility index (Phi) is 11.4. The zero-order chi connectivity index (χ0) is 19.5. The van der Waals surface area contributed by atoms with Gasteiger partial charge >= 0.3 is 0 Å². The monoisotopic (exact) mass is 516 g/mol. The lowest BCUT2D eigenvalue weighted by Gasteiger charge is -2.12. The van der Waals surface area contributed by atoms with Crippen molar-refractivity contribution in [3.05, 3.63) is 64.7 Å². The Morgan fingerprint density at radius 2 is 1.64 bits per heavy atom. The molecule has 0 saturated heterocycles. The van der Waals surface area contributed by atoms with Gasteiger partial charge in [0.05, 0.1) is 13.7 Å². The van der Waals surface area contributed by atoms with Gasteiger partial charge in [0.1, 0.15) is 5.75 Å². The number of nitrogens with one attached hydrogen (secondary N) is 3. The van der Waals surface area contributed by atoms with E-state index >= 15 is 0 Å². The first-order valence-electron chi connectivity index (χ1n) is 8.81. The maximum absolute atomic E-state index is 12.1. The molecule has 152 valence electrons. The Morgan fingerprint density at radius 3 is 2.25 bits per heavy atom. The number of amides is 1. The van der Waals surface area contributed by atoms with Crippen molar-refractivity contribution in [3.8, 4) is 5.75 Å². The van der Waals surface area contributed by atoms with Gasteiger partial charge in [-0.1, -0.05) is 23.7 Å². The van der Waals surface area contributed by atoms with Crippen LogP contribution in [-0.4, -0.2) is 38.6 Å². The number of aliphatic imine (C=N–C) groups is 1. The molecule has 0 spiro atoms. The molecule has 0 radical (unpaired) electrons. The van der Waals surface area contributed by atoms with Crippen LogP contribution >= 0.6 is 35.6 Å². The number of rotatable bonds is 8. The summed E-state index contributed by atoms with van der Waals surface area (Å²) in [6.07, 6.45) is 0. The van der Waals surface area contributed by atoms with E-state index in [0.29, 0.717) is 36.2 Å². The summed E-state index contributed by atoms with van der Waals surface area (Å²) in [5.74, 6) is 1.30. The van der Waals surface area contributed by atoms with Gasteiger partial charge in [-0.2, -0.15) is 0 Å². The average molecular weight is 517 g/mol. The van der Waals surface area contributed by atoms with E-state index in [-0.39, 0.29) is 29.9 Å². The molecular formula is C20H26ClIN4O2. The number of methoxy groups -OCH3 is 1. The largest absolute Gasteiger partial charge is 0.497 e. The highest BCUT2D eigenvalue weighted by atomic mass is 127. The minimum Gasteiger partial charge on any atom is -0.497 e. The lowest BCUT2D eigenvalue weighted by atomic mass is 10.2. The molecule has 0 unspecified atom stereocenters. The Bertz CT molecular complexity index is 752. The number of halogens is 2. The standard InChI is InChI=1S/C20H25ClN4O2.HI/c1-3-22-20(25-14-15-4-8-17(21)9-5-15)24-13-12-23-19(26)16-6-10-18(27-2)11-7-16;/h4-11H,3,12-14H2,1-2H3,(H,23,26)(H2,22,24,25);1H. The Hall–Kier alpha value is -2.00. The van der Waals surface area contributed by atoms with Crippen LogP contribution in [0.2, 0.25) is 5.02 Å². The molecule has 2 aromatic carbocycles. The van der Waals surface area contributed by atoms with Crippen molar-refractivity contribution in [2.45, 2.75) is 13.5 Å². The Morgan fingerprint density at radius 1 is 1.00 bits per heavy atom. The number of hydrogen-bond acceptors (Lipinski definition) is 3. The van der Waals surface area contributed by atoms with E-state index in [9.17, 15) is 4.79 Å². The third-order valence-electron chi connectivity index (χ3n) is 3.73. The summed E-state index contributed by atoms with van der Waals surface area (Å²) >= 11 is 5.89. The second-order valence-electron chi connectivity index (χ2n) is 5.73. The minimum atomic E-state index is -0.123. The van der Waals surface area contributed by atoms with E-state index in [0.717, 1.165) is 17.9 Å². The zero-order valence-electron chi connectivity index (χ0n) is 16.0. The van der Waals surface area contributed by atoms with Gasteiger partial charge in [-0.25, -0.2) is 4.99 Å². The molecule has 2 aromatic rings. The number of hydrogen-bond donors (Lipinski definition) is 3. The Labute approximate surface area is 188 Å². The molecule has 0 heterocycles. The van der Waals surface area contributed by atoms with Gasteiger partial charge in [-0.15, -0.1) is 24.0 Å². The van der Waals surface area contributed by atoms with Crippen molar-refractivity contribution in [1.29, 1.82) is 0 Å². The van der Waals surface area contributed by atoms with Crippen LogP contribution < -0.4 is 20.7 Å². The van der Waals surface area contributed by atoms with Crippen LogP contribution in [0.1, 0.15) is 22.8 Å². The van der Waals surface area contributed by atoms with E-state index in [4.69, 9.17) is 16.3 Å². The summed E-state index contributed by atoms with van der Waals surface area (Å²) in [7, 11) is 1.59. The molecule has 0 aliphatic rings. The fraction of sp³-hybridized carbons (Fsp3) is 0.300. The van der Waals surface area contributed by atoms with Crippen molar-refractivity contribution in [2.75, 3.05) is 26.7 Å². The molecule has 3 N–H and O–H groups in total. The van der Waals surface area contributed by atoms with Gasteiger partial charge in [0.15, 0.2) is 5.96 Å². The maximum Gasteiger partial charge on any atom is 0.251 e. The lowest BCUT2D eigenvalue weighted by molar-refractivity contribution is 0.0954. The molecule has 0 aliphatic carbocycles. The molecule has 6 nitrogen and oxygen atoms in total. The summed E-state index contributed by atoms with van der Waals surface area (Å²) in [5.41, 5.74) is 1.67. The first kappa shape index (κ1) is 24.0. The van der Waals surface area contributed by atoms with Crippen molar-refractivity contribution >= 4 is 47.4 Å². The van der Waals surface area contributed by atoms with Crippen LogP contribution in [0.4, 0.5) is 0 Å². The van der Waals surface area contributed by atoms with E-state index in [1.54, 1.807) is 31.4 Å². The van der Waals surface area contributed by atoms with Crippen LogP contribution in [0.15, 0.2) is 53.5 Å². The Balaban J connectivity index is 0.00000392. The average Bonchev–Trinajstić information content (AvgIpc) is 2.70. The minimum absolute atomic E-state index is 0. The fourth-order valence-corrected chi connectivity index (χ4v) is 2.43. The van der Waals surface area contributed by atoms with Gasteiger partial charge < -0.3 is 20.7 Å². The van der Waals surface area contributed by atoms with Gasteiger partial charge in [-0.3, -0.25) is 4.79 Å². The fourth-order valence-electron chi connectivity index (χ4n) is 2.30. The molecule has 0 fully saturated rings. The number of carbonyl (C=O) groups is 1. The molecule has 0 aliphatic heterocycles. The number of ether oxygens (including phenoxy) is 1. The molecule has 0 atom stereocenters. The summed E-state index contributed by atoms with van der Waals surface area (Å²) in [5, 5.41) is 9.97. The second kappa shape index (κ2) is 13.2. The molecule has 1 amide bonds. The molecule has 2 rings (SSSR count). The number of nitrogens with zero attached hydrogens (tertiary/aromatic N) is 1. The summed E-state index contributed by atoms with van der Waals surface area (Å²) in [6, 6.07) is 14.6. The highest BCUT2D eigenvalue weighted by molar-refractivity contribution is 14.0. The molecule has 8 heteroatoms.